The fourth-order valence-electron chi connectivity index (χ4n) is 3.83. The number of hydrogen-bond acceptors (Lipinski definition) is 4. The summed E-state index contributed by atoms with van der Waals surface area (Å²) in [6.45, 7) is 7.10. The van der Waals surface area contributed by atoms with Crippen LogP contribution in [0.4, 0.5) is 5.69 Å². The lowest BCUT2D eigenvalue weighted by molar-refractivity contribution is -0.139. The molecule has 0 bridgehead atoms. The average molecular weight is 577 g/mol. The molecule has 2 amide bonds. The van der Waals surface area contributed by atoms with Crippen LogP contribution in [-0.4, -0.2) is 44.3 Å². The van der Waals surface area contributed by atoms with Crippen LogP contribution in [0.1, 0.15) is 30.5 Å². The first kappa shape index (κ1) is 29.5. The number of hydrogen-bond donors (Lipinski definition) is 1. The first-order chi connectivity index (χ1) is 17.9. The minimum atomic E-state index is -4.23. The van der Waals surface area contributed by atoms with E-state index in [-0.39, 0.29) is 33.1 Å². The number of carbonyl (C=O) groups is 2. The van der Waals surface area contributed by atoms with Crippen LogP contribution in [0.3, 0.4) is 0 Å². The molecule has 0 radical (unpaired) electrons. The Balaban J connectivity index is 2.07. The van der Waals surface area contributed by atoms with Gasteiger partial charge in [0.05, 0.1) is 20.6 Å². The van der Waals surface area contributed by atoms with E-state index in [2.05, 4.69) is 5.32 Å². The van der Waals surface area contributed by atoms with Crippen molar-refractivity contribution in [1.82, 2.24) is 10.2 Å². The van der Waals surface area contributed by atoms with Crippen molar-refractivity contribution >= 4 is 50.7 Å². The highest BCUT2D eigenvalue weighted by Crippen LogP contribution is 2.35. The Hall–Kier alpha value is -3.07. The molecule has 202 valence electrons. The molecule has 1 unspecified atom stereocenters. The van der Waals surface area contributed by atoms with Crippen LogP contribution in [0, 0.1) is 13.8 Å². The van der Waals surface area contributed by atoms with Gasteiger partial charge >= 0.3 is 0 Å². The molecule has 0 saturated heterocycles. The van der Waals surface area contributed by atoms with Crippen molar-refractivity contribution < 1.29 is 18.0 Å². The summed E-state index contributed by atoms with van der Waals surface area (Å²) < 4.78 is 28.6. The highest BCUT2D eigenvalue weighted by Gasteiger charge is 2.33. The monoisotopic (exact) mass is 575 g/mol. The third kappa shape index (κ3) is 6.87. The topological polar surface area (TPSA) is 86.8 Å². The standard InChI is InChI=1S/C28H31Cl2N3O4S/c1-5-31-28(35)21(4)32(17-22-13-9-19(2)10-14-22)26(34)18-33(25-8-6-7-24(29)27(25)30)38(36,37)23-15-11-20(3)12-16-23/h6-16,21H,5,17-18H2,1-4H3,(H,31,35). The maximum absolute atomic E-state index is 13.8. The van der Waals surface area contributed by atoms with E-state index in [1.54, 1.807) is 32.0 Å². The van der Waals surface area contributed by atoms with Crippen molar-refractivity contribution in [3.8, 4) is 0 Å². The second-order valence-electron chi connectivity index (χ2n) is 8.98. The predicted molar refractivity (Wildman–Crippen MR) is 152 cm³/mol. The van der Waals surface area contributed by atoms with Crippen LogP contribution in [0.25, 0.3) is 0 Å². The second-order valence-corrected chi connectivity index (χ2v) is 11.6. The molecule has 3 rings (SSSR count). The number of anilines is 1. The van der Waals surface area contributed by atoms with Crippen LogP contribution < -0.4 is 9.62 Å². The number of benzene rings is 3. The van der Waals surface area contributed by atoms with Gasteiger partial charge in [0.15, 0.2) is 0 Å². The first-order valence-electron chi connectivity index (χ1n) is 12.1. The van der Waals surface area contributed by atoms with Gasteiger partial charge in [0.25, 0.3) is 10.0 Å². The highest BCUT2D eigenvalue weighted by atomic mass is 35.5. The van der Waals surface area contributed by atoms with E-state index in [4.69, 9.17) is 23.2 Å². The van der Waals surface area contributed by atoms with Crippen LogP contribution >= 0.6 is 23.2 Å². The van der Waals surface area contributed by atoms with Crippen molar-refractivity contribution in [2.45, 2.75) is 45.2 Å². The van der Waals surface area contributed by atoms with E-state index in [0.29, 0.717) is 6.54 Å². The minimum absolute atomic E-state index is 0.000451. The van der Waals surface area contributed by atoms with Crippen LogP contribution in [0.5, 0.6) is 0 Å². The molecule has 10 heteroatoms. The summed E-state index contributed by atoms with van der Waals surface area (Å²) in [7, 11) is -4.23. The third-order valence-electron chi connectivity index (χ3n) is 6.08. The molecule has 3 aromatic rings. The van der Waals surface area contributed by atoms with Crippen LogP contribution in [-0.2, 0) is 26.2 Å². The quantitative estimate of drug-likeness (QED) is 0.352. The number of aryl methyl sites for hydroxylation is 2. The van der Waals surface area contributed by atoms with Gasteiger partial charge in [-0.1, -0.05) is 76.8 Å². The van der Waals surface area contributed by atoms with Gasteiger partial charge in [-0.2, -0.15) is 0 Å². The summed E-state index contributed by atoms with van der Waals surface area (Å²) in [6, 6.07) is 17.6. The summed E-state index contributed by atoms with van der Waals surface area (Å²) in [5, 5.41) is 2.88. The molecule has 1 atom stereocenters. The summed E-state index contributed by atoms with van der Waals surface area (Å²) in [5.41, 5.74) is 2.80. The van der Waals surface area contributed by atoms with Gasteiger partial charge in [-0.25, -0.2) is 8.42 Å². The van der Waals surface area contributed by atoms with Gasteiger partial charge in [-0.05, 0) is 57.5 Å². The maximum atomic E-state index is 13.8. The summed E-state index contributed by atoms with van der Waals surface area (Å²) in [4.78, 5) is 28.0. The van der Waals surface area contributed by atoms with E-state index >= 15 is 0 Å². The lowest BCUT2D eigenvalue weighted by Gasteiger charge is -2.32. The zero-order chi connectivity index (χ0) is 28.0. The number of carbonyl (C=O) groups excluding carboxylic acids is 2. The lowest BCUT2D eigenvalue weighted by Crippen LogP contribution is -2.51. The molecule has 0 fully saturated rings. The zero-order valence-corrected chi connectivity index (χ0v) is 24.1. The molecule has 7 nitrogen and oxygen atoms in total. The van der Waals surface area contributed by atoms with E-state index in [1.165, 1.54) is 29.2 Å². The molecule has 0 aliphatic rings. The van der Waals surface area contributed by atoms with Crippen LogP contribution in [0.2, 0.25) is 10.0 Å². The molecule has 0 aromatic heterocycles. The molecule has 0 aliphatic carbocycles. The van der Waals surface area contributed by atoms with Crippen molar-refractivity contribution in [2.75, 3.05) is 17.4 Å². The summed E-state index contributed by atoms with van der Waals surface area (Å²) in [5.74, 6) is -0.919. The lowest BCUT2D eigenvalue weighted by atomic mass is 10.1. The Morgan fingerprint density at radius 1 is 0.921 bits per heavy atom. The molecule has 0 heterocycles. The number of nitrogens with one attached hydrogen (secondary N) is 1. The second kappa shape index (κ2) is 12.7. The number of rotatable bonds is 10. The SMILES string of the molecule is CCNC(=O)C(C)N(Cc1ccc(C)cc1)C(=O)CN(c1cccc(Cl)c1Cl)S(=O)(=O)c1ccc(C)cc1. The Labute approximate surface area is 234 Å². The molecule has 0 aliphatic heterocycles. The summed E-state index contributed by atoms with van der Waals surface area (Å²) in [6.07, 6.45) is 0. The fourth-order valence-corrected chi connectivity index (χ4v) is 5.70. The van der Waals surface area contributed by atoms with Crippen molar-refractivity contribution in [3.05, 3.63) is 93.5 Å². The summed E-state index contributed by atoms with van der Waals surface area (Å²) >= 11 is 12.7. The van der Waals surface area contributed by atoms with Crippen molar-refractivity contribution in [2.24, 2.45) is 0 Å². The molecule has 3 aromatic carbocycles. The molecular formula is C28H31Cl2N3O4S. The highest BCUT2D eigenvalue weighted by molar-refractivity contribution is 7.92. The van der Waals surface area contributed by atoms with Crippen molar-refractivity contribution in [3.63, 3.8) is 0 Å². The molecule has 1 N–H and O–H groups in total. The van der Waals surface area contributed by atoms with E-state index in [9.17, 15) is 18.0 Å². The largest absolute Gasteiger partial charge is 0.355 e. The number of halogens is 2. The van der Waals surface area contributed by atoms with E-state index in [0.717, 1.165) is 21.0 Å². The van der Waals surface area contributed by atoms with Gasteiger partial charge in [0.1, 0.15) is 12.6 Å². The Morgan fingerprint density at radius 3 is 2.08 bits per heavy atom. The predicted octanol–water partition coefficient (Wildman–Crippen LogP) is 5.36. The maximum Gasteiger partial charge on any atom is 0.264 e. The van der Waals surface area contributed by atoms with Crippen molar-refractivity contribution in [1.29, 1.82) is 0 Å². The fraction of sp³-hybridized carbons (Fsp3) is 0.286. The van der Waals surface area contributed by atoms with E-state index in [1.807, 2.05) is 38.1 Å². The Morgan fingerprint density at radius 2 is 1.50 bits per heavy atom. The number of amides is 2. The normalized spacial score (nSPS) is 12.1. The van der Waals surface area contributed by atoms with E-state index < -0.39 is 28.5 Å². The van der Waals surface area contributed by atoms with Gasteiger partial charge in [0.2, 0.25) is 11.8 Å². The smallest absolute Gasteiger partial charge is 0.264 e. The van der Waals surface area contributed by atoms with Gasteiger partial charge in [0, 0.05) is 13.1 Å². The third-order valence-corrected chi connectivity index (χ3v) is 8.66. The minimum Gasteiger partial charge on any atom is -0.355 e. The molecule has 38 heavy (non-hydrogen) atoms. The van der Waals surface area contributed by atoms with Gasteiger partial charge < -0.3 is 10.2 Å². The Kier molecular flexibility index (Phi) is 9.82. The zero-order valence-electron chi connectivity index (χ0n) is 21.7. The average Bonchev–Trinajstić information content (AvgIpc) is 2.88. The molecule has 0 saturated carbocycles. The number of nitrogens with zero attached hydrogens (tertiary/aromatic N) is 2. The number of sulfonamides is 1. The van der Waals surface area contributed by atoms with Gasteiger partial charge in [-0.3, -0.25) is 13.9 Å². The Bertz CT molecular complexity index is 1390. The number of likely N-dealkylation sites (N-methyl/N-ethyl adjacent to an activating group) is 1. The van der Waals surface area contributed by atoms with Crippen LogP contribution in [0.15, 0.2) is 71.6 Å². The molecular weight excluding hydrogens is 545 g/mol. The first-order valence-corrected chi connectivity index (χ1v) is 14.3. The van der Waals surface area contributed by atoms with Gasteiger partial charge in [-0.15, -0.1) is 0 Å². The molecule has 0 spiro atoms.